The molecule has 3 nitrogen and oxygen atoms in total. The molecule has 1 aliphatic heterocycles. The van der Waals surface area contributed by atoms with Crippen molar-refractivity contribution in [3.8, 4) is 0 Å². The van der Waals surface area contributed by atoms with Crippen LogP contribution in [0.2, 0.25) is 0 Å². The lowest BCUT2D eigenvalue weighted by molar-refractivity contribution is -0.117. The van der Waals surface area contributed by atoms with Gasteiger partial charge in [-0.15, -0.1) is 11.8 Å². The number of para-hydroxylation sites is 1. The fraction of sp³-hybridized carbons (Fsp3) is 0.200. The van der Waals surface area contributed by atoms with Crippen LogP contribution in [0.4, 0.5) is 5.69 Å². The van der Waals surface area contributed by atoms with Gasteiger partial charge in [0.05, 0.1) is 5.25 Å². The lowest BCUT2D eigenvalue weighted by atomic mass is 10.2. The zero-order chi connectivity index (χ0) is 13.2. The molecule has 96 valence electrons. The minimum atomic E-state index is -0.0228. The largest absolute Gasteiger partial charge is 0.295 e. The lowest BCUT2D eigenvalue weighted by Gasteiger charge is -2.23. The van der Waals surface area contributed by atoms with Gasteiger partial charge in [-0.25, -0.2) is 0 Å². The Kier molecular flexibility index (Phi) is 3.25. The molecule has 0 aliphatic carbocycles. The predicted octanol–water partition coefficient (Wildman–Crippen LogP) is 3.25. The SMILES string of the molecule is CC1SC(c2cccnc2)N(c2ccccc2)C1=O. The molecule has 2 aromatic rings. The van der Waals surface area contributed by atoms with E-state index in [-0.39, 0.29) is 16.5 Å². The molecule has 0 N–H and O–H groups in total. The van der Waals surface area contributed by atoms with Gasteiger partial charge < -0.3 is 0 Å². The van der Waals surface area contributed by atoms with E-state index in [1.165, 1.54) is 0 Å². The number of anilines is 1. The second kappa shape index (κ2) is 5.05. The average Bonchev–Trinajstić information content (AvgIpc) is 2.77. The molecule has 0 spiro atoms. The standard InChI is InChI=1S/C15H14N2OS/c1-11-14(18)17(13-7-3-2-4-8-13)15(19-11)12-6-5-9-16-10-12/h2-11,15H,1H3. The first-order valence-corrected chi connectivity index (χ1v) is 7.15. The first kappa shape index (κ1) is 12.2. The minimum Gasteiger partial charge on any atom is -0.295 e. The molecule has 2 heterocycles. The molecular weight excluding hydrogens is 256 g/mol. The number of hydrogen-bond donors (Lipinski definition) is 0. The summed E-state index contributed by atoms with van der Waals surface area (Å²) in [6, 6.07) is 13.7. The van der Waals surface area contributed by atoms with Crippen LogP contribution in [0.5, 0.6) is 0 Å². The van der Waals surface area contributed by atoms with Crippen LogP contribution in [0.15, 0.2) is 54.9 Å². The molecule has 1 amide bonds. The molecule has 19 heavy (non-hydrogen) atoms. The Bertz CT molecular complexity index is 573. The van der Waals surface area contributed by atoms with Gasteiger partial charge in [0.15, 0.2) is 0 Å². The van der Waals surface area contributed by atoms with Crippen molar-refractivity contribution in [3.63, 3.8) is 0 Å². The summed E-state index contributed by atoms with van der Waals surface area (Å²) in [6.45, 7) is 1.96. The van der Waals surface area contributed by atoms with Crippen LogP contribution >= 0.6 is 11.8 Å². The van der Waals surface area contributed by atoms with Gasteiger partial charge in [0.2, 0.25) is 5.91 Å². The van der Waals surface area contributed by atoms with Gasteiger partial charge in [-0.05, 0) is 25.1 Å². The van der Waals surface area contributed by atoms with Crippen molar-refractivity contribution in [2.24, 2.45) is 0 Å². The molecule has 0 radical (unpaired) electrons. The van der Waals surface area contributed by atoms with Crippen molar-refractivity contribution in [2.75, 3.05) is 4.90 Å². The van der Waals surface area contributed by atoms with Crippen LogP contribution < -0.4 is 4.90 Å². The highest BCUT2D eigenvalue weighted by Gasteiger charge is 2.39. The summed E-state index contributed by atoms with van der Waals surface area (Å²) < 4.78 is 0. The maximum absolute atomic E-state index is 12.4. The normalized spacial score (nSPS) is 22.8. The number of aromatic nitrogens is 1. The van der Waals surface area contributed by atoms with Crippen molar-refractivity contribution in [1.29, 1.82) is 0 Å². The second-order valence-corrected chi connectivity index (χ2v) is 5.89. The van der Waals surface area contributed by atoms with Crippen molar-refractivity contribution >= 4 is 23.4 Å². The van der Waals surface area contributed by atoms with Crippen LogP contribution in [0.1, 0.15) is 17.9 Å². The van der Waals surface area contributed by atoms with Crippen molar-refractivity contribution in [2.45, 2.75) is 17.5 Å². The van der Waals surface area contributed by atoms with E-state index in [0.717, 1.165) is 11.3 Å². The molecule has 1 saturated heterocycles. The van der Waals surface area contributed by atoms with Crippen LogP contribution in [-0.4, -0.2) is 16.1 Å². The monoisotopic (exact) mass is 270 g/mol. The van der Waals surface area contributed by atoms with Crippen molar-refractivity contribution < 1.29 is 4.79 Å². The van der Waals surface area contributed by atoms with E-state index in [1.54, 1.807) is 18.0 Å². The number of pyridine rings is 1. The Balaban J connectivity index is 2.02. The number of hydrogen-bond acceptors (Lipinski definition) is 3. The summed E-state index contributed by atoms with van der Waals surface area (Å²) in [4.78, 5) is 18.4. The summed E-state index contributed by atoms with van der Waals surface area (Å²) in [5.41, 5.74) is 2.01. The number of carbonyl (C=O) groups excluding carboxylic acids is 1. The number of amides is 1. The quantitative estimate of drug-likeness (QED) is 0.840. The third kappa shape index (κ3) is 2.24. The number of carbonyl (C=O) groups is 1. The highest BCUT2D eigenvalue weighted by molar-refractivity contribution is 8.01. The summed E-state index contributed by atoms with van der Waals surface area (Å²) in [5, 5.41) is -0.0102. The molecule has 1 aromatic carbocycles. The zero-order valence-corrected chi connectivity index (χ0v) is 11.4. The summed E-state index contributed by atoms with van der Waals surface area (Å²) in [6.07, 6.45) is 3.58. The van der Waals surface area contributed by atoms with Gasteiger partial charge in [-0.1, -0.05) is 24.3 Å². The topological polar surface area (TPSA) is 33.2 Å². The van der Waals surface area contributed by atoms with Gasteiger partial charge in [0.25, 0.3) is 0 Å². The Morgan fingerprint density at radius 1 is 1.16 bits per heavy atom. The third-order valence-corrected chi connectivity index (χ3v) is 4.51. The molecule has 2 atom stereocenters. The Hall–Kier alpha value is -1.81. The van der Waals surface area contributed by atoms with Crippen LogP contribution in [-0.2, 0) is 4.79 Å². The Morgan fingerprint density at radius 3 is 2.63 bits per heavy atom. The fourth-order valence-corrected chi connectivity index (χ4v) is 3.49. The molecular formula is C15H14N2OS. The van der Waals surface area contributed by atoms with Crippen LogP contribution in [0, 0.1) is 0 Å². The van der Waals surface area contributed by atoms with E-state index in [1.807, 2.05) is 60.5 Å². The first-order chi connectivity index (χ1) is 9.27. The molecule has 1 aromatic heterocycles. The fourth-order valence-electron chi connectivity index (χ4n) is 2.22. The number of benzene rings is 1. The zero-order valence-electron chi connectivity index (χ0n) is 10.6. The molecule has 1 aliphatic rings. The number of rotatable bonds is 2. The van der Waals surface area contributed by atoms with Gasteiger partial charge in [0.1, 0.15) is 5.37 Å². The maximum atomic E-state index is 12.4. The van der Waals surface area contributed by atoms with Gasteiger partial charge in [-0.3, -0.25) is 14.7 Å². The molecule has 1 fully saturated rings. The van der Waals surface area contributed by atoms with Crippen molar-refractivity contribution in [1.82, 2.24) is 4.98 Å². The van der Waals surface area contributed by atoms with E-state index >= 15 is 0 Å². The highest BCUT2D eigenvalue weighted by Crippen LogP contribution is 2.44. The molecule has 3 rings (SSSR count). The molecule has 4 heteroatoms. The van der Waals surface area contributed by atoms with E-state index in [9.17, 15) is 4.79 Å². The summed E-state index contributed by atoms with van der Waals surface area (Å²) in [7, 11) is 0. The highest BCUT2D eigenvalue weighted by atomic mass is 32.2. The van der Waals surface area contributed by atoms with E-state index < -0.39 is 0 Å². The minimum absolute atomic E-state index is 0.0126. The molecule has 2 unspecified atom stereocenters. The molecule has 0 bridgehead atoms. The smallest absolute Gasteiger partial charge is 0.241 e. The van der Waals surface area contributed by atoms with E-state index in [2.05, 4.69) is 4.98 Å². The van der Waals surface area contributed by atoms with Gasteiger partial charge in [-0.2, -0.15) is 0 Å². The number of thioether (sulfide) groups is 1. The third-order valence-electron chi connectivity index (χ3n) is 3.16. The Morgan fingerprint density at radius 2 is 1.95 bits per heavy atom. The lowest BCUT2D eigenvalue weighted by Crippen LogP contribution is -2.30. The maximum Gasteiger partial charge on any atom is 0.241 e. The van der Waals surface area contributed by atoms with E-state index in [4.69, 9.17) is 0 Å². The summed E-state index contributed by atoms with van der Waals surface area (Å²) >= 11 is 1.67. The summed E-state index contributed by atoms with van der Waals surface area (Å²) in [5.74, 6) is 0.157. The van der Waals surface area contributed by atoms with Crippen LogP contribution in [0.3, 0.4) is 0 Å². The van der Waals surface area contributed by atoms with Crippen LogP contribution in [0.25, 0.3) is 0 Å². The second-order valence-electron chi connectivity index (χ2n) is 4.46. The van der Waals surface area contributed by atoms with E-state index in [0.29, 0.717) is 0 Å². The van der Waals surface area contributed by atoms with Gasteiger partial charge in [0, 0.05) is 23.6 Å². The number of nitrogens with zero attached hydrogens (tertiary/aromatic N) is 2. The average molecular weight is 270 g/mol. The van der Waals surface area contributed by atoms with Crippen molar-refractivity contribution in [3.05, 3.63) is 60.4 Å². The molecule has 0 saturated carbocycles. The predicted molar refractivity (Wildman–Crippen MR) is 78.0 cm³/mol. The Labute approximate surface area is 116 Å². The first-order valence-electron chi connectivity index (χ1n) is 6.21. The van der Waals surface area contributed by atoms with Gasteiger partial charge >= 0.3 is 0 Å².